The number of halogens is 2. The van der Waals surface area contributed by atoms with Crippen LogP contribution in [0.1, 0.15) is 37.2 Å². The molecule has 0 atom stereocenters. The van der Waals surface area contributed by atoms with Crippen LogP contribution in [0.25, 0.3) is 5.65 Å². The van der Waals surface area contributed by atoms with Gasteiger partial charge in [0, 0.05) is 17.3 Å². The van der Waals surface area contributed by atoms with E-state index in [-0.39, 0.29) is 23.5 Å². The zero-order valence-electron chi connectivity index (χ0n) is 15.4. The van der Waals surface area contributed by atoms with Crippen LogP contribution < -0.4 is 16.0 Å². The number of hydrogen-bond acceptors (Lipinski definition) is 5. The normalized spacial score (nSPS) is 17.8. The van der Waals surface area contributed by atoms with Crippen LogP contribution in [0.4, 0.5) is 26.1 Å². The zero-order valence-corrected chi connectivity index (χ0v) is 15.4. The predicted octanol–water partition coefficient (Wildman–Crippen LogP) is 3.79. The van der Waals surface area contributed by atoms with E-state index in [9.17, 15) is 4.39 Å². The first-order chi connectivity index (χ1) is 13.7. The monoisotopic (exact) mass is 384 g/mol. The SMILES string of the molecule is Fc1cccc(Nc2c(F)c(NC3CCNCC3)nc3c(C4CC4)cnn23)c1. The van der Waals surface area contributed by atoms with Gasteiger partial charge in [-0.3, -0.25) is 0 Å². The lowest BCUT2D eigenvalue weighted by Gasteiger charge is -2.25. The summed E-state index contributed by atoms with van der Waals surface area (Å²) in [7, 11) is 0. The molecule has 146 valence electrons. The number of aromatic nitrogens is 3. The van der Waals surface area contributed by atoms with Crippen molar-refractivity contribution in [2.75, 3.05) is 23.7 Å². The molecule has 1 aromatic carbocycles. The van der Waals surface area contributed by atoms with Crippen molar-refractivity contribution in [3.05, 3.63) is 47.7 Å². The zero-order chi connectivity index (χ0) is 19.1. The van der Waals surface area contributed by atoms with E-state index in [2.05, 4.69) is 26.0 Å². The van der Waals surface area contributed by atoms with Crippen molar-refractivity contribution < 1.29 is 8.78 Å². The number of anilines is 3. The van der Waals surface area contributed by atoms with E-state index in [1.165, 1.54) is 16.6 Å². The minimum absolute atomic E-state index is 0.166. The third kappa shape index (κ3) is 3.28. The van der Waals surface area contributed by atoms with Gasteiger partial charge in [-0.05, 0) is 62.9 Å². The predicted molar refractivity (Wildman–Crippen MR) is 104 cm³/mol. The molecule has 6 nitrogen and oxygen atoms in total. The van der Waals surface area contributed by atoms with E-state index in [0.717, 1.165) is 44.3 Å². The van der Waals surface area contributed by atoms with Gasteiger partial charge in [-0.25, -0.2) is 9.37 Å². The number of piperidine rings is 1. The highest BCUT2D eigenvalue weighted by Crippen LogP contribution is 2.42. The highest BCUT2D eigenvalue weighted by atomic mass is 19.1. The van der Waals surface area contributed by atoms with Crippen LogP contribution in [0.3, 0.4) is 0 Å². The van der Waals surface area contributed by atoms with Gasteiger partial charge in [0.2, 0.25) is 5.82 Å². The Morgan fingerprint density at radius 3 is 2.68 bits per heavy atom. The third-order valence-electron chi connectivity index (χ3n) is 5.40. The number of nitrogens with one attached hydrogen (secondary N) is 3. The molecule has 0 bridgehead atoms. The Bertz CT molecular complexity index is 1010. The molecule has 0 unspecified atom stereocenters. The van der Waals surface area contributed by atoms with Gasteiger partial charge >= 0.3 is 0 Å². The molecule has 0 amide bonds. The molecule has 1 aliphatic carbocycles. The van der Waals surface area contributed by atoms with Gasteiger partial charge in [0.1, 0.15) is 5.82 Å². The van der Waals surface area contributed by atoms with Crippen LogP contribution in [-0.2, 0) is 0 Å². The van der Waals surface area contributed by atoms with Gasteiger partial charge in [-0.1, -0.05) is 6.07 Å². The third-order valence-corrected chi connectivity index (χ3v) is 5.40. The summed E-state index contributed by atoms with van der Waals surface area (Å²) in [6.45, 7) is 1.80. The van der Waals surface area contributed by atoms with Gasteiger partial charge in [0.15, 0.2) is 17.3 Å². The van der Waals surface area contributed by atoms with E-state index in [1.54, 1.807) is 18.3 Å². The Hall–Kier alpha value is -2.74. The van der Waals surface area contributed by atoms with E-state index in [1.807, 2.05) is 0 Å². The first-order valence-corrected chi connectivity index (χ1v) is 9.76. The lowest BCUT2D eigenvalue weighted by Crippen LogP contribution is -2.35. The van der Waals surface area contributed by atoms with E-state index in [0.29, 0.717) is 17.3 Å². The van der Waals surface area contributed by atoms with Gasteiger partial charge in [-0.15, -0.1) is 0 Å². The molecule has 5 rings (SSSR count). The van der Waals surface area contributed by atoms with Crippen LogP contribution in [0, 0.1) is 11.6 Å². The minimum atomic E-state index is -0.513. The molecule has 0 spiro atoms. The molecule has 2 fully saturated rings. The van der Waals surface area contributed by atoms with Crippen molar-refractivity contribution in [1.29, 1.82) is 0 Å². The van der Waals surface area contributed by atoms with E-state index in [4.69, 9.17) is 0 Å². The Kier molecular flexibility index (Phi) is 4.35. The quantitative estimate of drug-likeness (QED) is 0.625. The van der Waals surface area contributed by atoms with Crippen molar-refractivity contribution >= 4 is 23.0 Å². The van der Waals surface area contributed by atoms with Crippen molar-refractivity contribution in [2.24, 2.45) is 0 Å². The first-order valence-electron chi connectivity index (χ1n) is 9.76. The fourth-order valence-electron chi connectivity index (χ4n) is 3.74. The van der Waals surface area contributed by atoms with Crippen LogP contribution in [0.15, 0.2) is 30.5 Å². The Morgan fingerprint density at radius 2 is 1.93 bits per heavy atom. The lowest BCUT2D eigenvalue weighted by atomic mass is 10.1. The van der Waals surface area contributed by atoms with Crippen LogP contribution in [0.2, 0.25) is 0 Å². The number of hydrogen-bond donors (Lipinski definition) is 3. The van der Waals surface area contributed by atoms with Crippen molar-refractivity contribution in [3.63, 3.8) is 0 Å². The molecule has 1 saturated heterocycles. The number of nitrogens with zero attached hydrogens (tertiary/aromatic N) is 3. The summed E-state index contributed by atoms with van der Waals surface area (Å²) in [5.74, 6) is -0.0764. The molecule has 28 heavy (non-hydrogen) atoms. The highest BCUT2D eigenvalue weighted by molar-refractivity contribution is 5.67. The summed E-state index contributed by atoms with van der Waals surface area (Å²) < 4.78 is 30.5. The van der Waals surface area contributed by atoms with E-state index >= 15 is 4.39 Å². The van der Waals surface area contributed by atoms with Crippen molar-refractivity contribution in [2.45, 2.75) is 37.6 Å². The second-order valence-electron chi connectivity index (χ2n) is 7.54. The molecular weight excluding hydrogens is 362 g/mol. The standard InChI is InChI=1S/C20H22F2N6/c21-13-2-1-3-15(10-13)26-20-17(22)18(25-14-6-8-23-9-7-14)27-19-16(12-4-5-12)11-24-28(19)20/h1-3,10-12,14,23,26H,4-9H2,(H,25,27). The van der Waals surface area contributed by atoms with Gasteiger partial charge < -0.3 is 16.0 Å². The van der Waals surface area contributed by atoms with Crippen LogP contribution in [-0.4, -0.2) is 33.7 Å². The van der Waals surface area contributed by atoms with Crippen molar-refractivity contribution in [1.82, 2.24) is 19.9 Å². The fraction of sp³-hybridized carbons (Fsp3) is 0.400. The van der Waals surface area contributed by atoms with Crippen LogP contribution in [0.5, 0.6) is 0 Å². The average molecular weight is 384 g/mol. The van der Waals surface area contributed by atoms with Gasteiger partial charge in [0.25, 0.3) is 0 Å². The summed E-state index contributed by atoms with van der Waals surface area (Å²) in [5, 5.41) is 13.9. The maximum atomic E-state index is 15.4. The summed E-state index contributed by atoms with van der Waals surface area (Å²) in [4.78, 5) is 4.59. The number of fused-ring (bicyclic) bond motifs is 1. The van der Waals surface area contributed by atoms with Gasteiger partial charge in [-0.2, -0.15) is 14.0 Å². The average Bonchev–Trinajstić information content (AvgIpc) is 3.46. The second-order valence-corrected chi connectivity index (χ2v) is 7.54. The molecule has 3 heterocycles. The molecule has 0 radical (unpaired) electrons. The Balaban J connectivity index is 1.58. The largest absolute Gasteiger partial charge is 0.365 e. The molecule has 8 heteroatoms. The summed E-state index contributed by atoms with van der Waals surface area (Å²) in [6, 6.07) is 6.13. The maximum Gasteiger partial charge on any atom is 0.208 e. The Labute approximate surface area is 161 Å². The van der Waals surface area contributed by atoms with Crippen LogP contribution >= 0.6 is 0 Å². The minimum Gasteiger partial charge on any atom is -0.365 e. The molecule has 1 aliphatic heterocycles. The molecule has 3 N–H and O–H groups in total. The Morgan fingerprint density at radius 1 is 1.11 bits per heavy atom. The number of rotatable bonds is 5. The fourth-order valence-corrected chi connectivity index (χ4v) is 3.74. The van der Waals surface area contributed by atoms with Crippen molar-refractivity contribution in [3.8, 4) is 0 Å². The molecule has 2 aliphatic rings. The lowest BCUT2D eigenvalue weighted by molar-refractivity contribution is 0.475. The number of benzene rings is 1. The highest BCUT2D eigenvalue weighted by Gasteiger charge is 2.30. The first kappa shape index (κ1) is 17.4. The maximum absolute atomic E-state index is 15.4. The summed E-state index contributed by atoms with van der Waals surface area (Å²) in [6.07, 6.45) is 5.79. The second kappa shape index (κ2) is 7.01. The topological polar surface area (TPSA) is 66.3 Å². The molecular formula is C20H22F2N6. The molecule has 3 aromatic rings. The summed E-state index contributed by atoms with van der Waals surface area (Å²) in [5.41, 5.74) is 2.15. The molecule has 1 saturated carbocycles. The van der Waals surface area contributed by atoms with Gasteiger partial charge in [0.05, 0.1) is 6.20 Å². The smallest absolute Gasteiger partial charge is 0.208 e. The summed E-state index contributed by atoms with van der Waals surface area (Å²) >= 11 is 0. The molecule has 2 aromatic heterocycles. The van der Waals surface area contributed by atoms with E-state index < -0.39 is 5.82 Å².